The number of aromatic nitrogens is 1. The molecule has 4 aliphatic rings. The Labute approximate surface area is 227 Å². The van der Waals surface area contributed by atoms with Gasteiger partial charge in [-0.1, -0.05) is 52.1 Å². The zero-order valence-corrected chi connectivity index (χ0v) is 22.8. The van der Waals surface area contributed by atoms with Gasteiger partial charge in [0.25, 0.3) is 0 Å². The highest BCUT2D eigenvalue weighted by atomic mass is 16.5. The molecule has 2 fully saturated rings. The molecular formula is C33H45NO4. The zero-order chi connectivity index (χ0) is 26.5. The molecule has 2 unspecified atom stereocenters. The maximum atomic E-state index is 12.6. The van der Waals surface area contributed by atoms with E-state index in [1.807, 2.05) is 25.2 Å². The Morgan fingerprint density at radius 1 is 1.21 bits per heavy atom. The second kappa shape index (κ2) is 8.66. The molecule has 0 amide bonds. The molecular weight excluding hydrogens is 474 g/mol. The quantitative estimate of drug-likeness (QED) is 0.376. The van der Waals surface area contributed by atoms with E-state index in [0.29, 0.717) is 12.3 Å². The first-order valence-electron chi connectivity index (χ1n) is 13.8. The molecule has 4 N–H and O–H groups in total. The van der Waals surface area contributed by atoms with Crippen LogP contribution < -0.4 is 0 Å². The van der Waals surface area contributed by atoms with E-state index in [2.05, 4.69) is 43.6 Å². The van der Waals surface area contributed by atoms with Gasteiger partial charge in [-0.3, -0.25) is 0 Å². The molecule has 5 nitrogen and oxygen atoms in total. The van der Waals surface area contributed by atoms with Gasteiger partial charge in [0, 0.05) is 27.4 Å². The van der Waals surface area contributed by atoms with Crippen LogP contribution in [0.4, 0.5) is 0 Å². The van der Waals surface area contributed by atoms with Crippen molar-refractivity contribution in [3.8, 4) is 0 Å². The van der Waals surface area contributed by atoms with Gasteiger partial charge in [-0.2, -0.15) is 0 Å². The Kier molecular flexibility index (Phi) is 6.24. The summed E-state index contributed by atoms with van der Waals surface area (Å²) in [7, 11) is 0. The summed E-state index contributed by atoms with van der Waals surface area (Å²) in [6, 6.07) is 6.31. The number of ether oxygens (including phenoxy) is 1. The van der Waals surface area contributed by atoms with Crippen molar-refractivity contribution in [1.82, 2.24) is 4.98 Å². The smallest absolute Gasteiger partial charge is 0.108 e. The summed E-state index contributed by atoms with van der Waals surface area (Å²) in [6.07, 6.45) is 8.60. The van der Waals surface area contributed by atoms with Crippen LogP contribution in [0, 0.1) is 11.3 Å². The largest absolute Gasteiger partial charge is 0.386 e. The summed E-state index contributed by atoms with van der Waals surface area (Å²) < 4.78 is 6.34. The van der Waals surface area contributed by atoms with Crippen LogP contribution >= 0.6 is 0 Å². The summed E-state index contributed by atoms with van der Waals surface area (Å²) in [5.74, 6) is 0.421. The lowest BCUT2D eigenvalue weighted by Crippen LogP contribution is -2.67. The third kappa shape index (κ3) is 3.51. The Hall–Kier alpha value is -2.18. The number of rotatable bonds is 3. The number of hydrogen-bond acceptors (Lipinski definition) is 4. The van der Waals surface area contributed by atoms with Crippen molar-refractivity contribution in [3.63, 3.8) is 0 Å². The highest BCUT2D eigenvalue weighted by Gasteiger charge is 2.69. The summed E-state index contributed by atoms with van der Waals surface area (Å²) in [5.41, 5.74) is 3.88. The molecule has 7 atom stereocenters. The van der Waals surface area contributed by atoms with Gasteiger partial charge in [0.05, 0.1) is 17.3 Å². The van der Waals surface area contributed by atoms with Gasteiger partial charge in [-0.25, -0.2) is 0 Å². The molecule has 0 spiro atoms. The normalized spacial score (nSPS) is 38.2. The molecule has 0 bridgehead atoms. The number of nitrogens with one attached hydrogen (secondary N) is 1. The zero-order valence-electron chi connectivity index (χ0n) is 22.8. The van der Waals surface area contributed by atoms with Crippen LogP contribution in [0.25, 0.3) is 17.0 Å². The van der Waals surface area contributed by atoms with E-state index >= 15 is 0 Å². The van der Waals surface area contributed by atoms with Crippen molar-refractivity contribution < 1.29 is 20.1 Å². The van der Waals surface area contributed by atoms with Gasteiger partial charge < -0.3 is 25.0 Å². The molecule has 0 radical (unpaired) electrons. The summed E-state index contributed by atoms with van der Waals surface area (Å²) in [5, 5.41) is 35.0. The van der Waals surface area contributed by atoms with Crippen molar-refractivity contribution in [2.45, 2.75) is 109 Å². The second-order valence-corrected chi connectivity index (χ2v) is 13.1. The van der Waals surface area contributed by atoms with E-state index in [4.69, 9.17) is 4.74 Å². The molecule has 5 heteroatoms. The highest BCUT2D eigenvalue weighted by molar-refractivity contribution is 5.94. The van der Waals surface area contributed by atoms with Crippen molar-refractivity contribution in [2.75, 3.05) is 0 Å². The monoisotopic (exact) mass is 519 g/mol. The van der Waals surface area contributed by atoms with Crippen molar-refractivity contribution in [1.29, 1.82) is 0 Å². The average molecular weight is 520 g/mol. The van der Waals surface area contributed by atoms with Crippen molar-refractivity contribution in [2.24, 2.45) is 11.3 Å². The molecule has 2 heterocycles. The second-order valence-electron chi connectivity index (χ2n) is 13.1. The topological polar surface area (TPSA) is 85.7 Å². The molecule has 1 aromatic carbocycles. The first-order valence-corrected chi connectivity index (χ1v) is 13.8. The molecule has 2 saturated carbocycles. The number of hydrogen-bond donors (Lipinski definition) is 4. The first kappa shape index (κ1) is 27.4. The van der Waals surface area contributed by atoms with Crippen LogP contribution in [0.15, 0.2) is 48.1 Å². The number of aromatic amines is 1. The van der Waals surface area contributed by atoms with Crippen LogP contribution in [0.5, 0.6) is 0 Å². The van der Waals surface area contributed by atoms with Crippen molar-refractivity contribution >= 4 is 17.0 Å². The van der Waals surface area contributed by atoms with E-state index in [0.717, 1.165) is 47.9 Å². The number of benzene rings is 1. The maximum absolute atomic E-state index is 12.6. The standard InChI is InChI=1S/C32H41NO4.CH4/c1-18(2)27-24(34)17-22-25(37-27)12-14-30(5)31(6)20(11-15-32(22,30)36)16-21-26-19(10-13-29(3,4)35)8-7-9-23(26)33-28(21)31;/h7-10,13,17,20,24-25,27,33-36H,1,11-12,14-16H2,2-6H3;1H4/b13-10+;/t20-,24?,25?,27+,30+,31+,32+;/m0./s1. The molecule has 6 rings (SSSR count). The molecule has 2 aromatic rings. The predicted octanol–water partition coefficient (Wildman–Crippen LogP) is 5.97. The van der Waals surface area contributed by atoms with Gasteiger partial charge in [0.2, 0.25) is 0 Å². The number of H-pyrrole nitrogens is 1. The lowest BCUT2D eigenvalue weighted by atomic mass is 9.42. The SMILES string of the molecule is C.C=C(C)[C@H]1OC2CC[C@@]3(C)[C@@](O)(CC[C@H]4Cc5c([nH]c6cccc(/C=C/C(C)(C)O)c56)[C@@]43C)C2=CC1O. The Morgan fingerprint density at radius 2 is 1.95 bits per heavy atom. The molecule has 3 aliphatic carbocycles. The third-order valence-electron chi connectivity index (χ3n) is 10.5. The fourth-order valence-electron chi connectivity index (χ4n) is 8.38. The van der Waals surface area contributed by atoms with Crippen LogP contribution in [-0.2, 0) is 16.6 Å². The van der Waals surface area contributed by atoms with Gasteiger partial charge in [0.1, 0.15) is 12.2 Å². The fourth-order valence-corrected chi connectivity index (χ4v) is 8.38. The predicted molar refractivity (Wildman–Crippen MR) is 154 cm³/mol. The number of aliphatic hydroxyl groups excluding tert-OH is 1. The minimum Gasteiger partial charge on any atom is -0.386 e. The van der Waals surface area contributed by atoms with Gasteiger partial charge in [0.15, 0.2) is 0 Å². The molecule has 0 saturated heterocycles. The fraction of sp³-hybridized carbons (Fsp3) is 0.576. The lowest BCUT2D eigenvalue weighted by Gasteiger charge is -2.65. The maximum Gasteiger partial charge on any atom is 0.108 e. The Balaban J connectivity index is 0.00000294. The minimum absolute atomic E-state index is 0. The molecule has 1 aliphatic heterocycles. The van der Waals surface area contributed by atoms with Crippen LogP contribution in [0.3, 0.4) is 0 Å². The number of aliphatic hydroxyl groups is 3. The van der Waals surface area contributed by atoms with E-state index in [-0.39, 0.29) is 18.9 Å². The molecule has 38 heavy (non-hydrogen) atoms. The van der Waals surface area contributed by atoms with E-state index in [1.54, 1.807) is 13.8 Å². The Bertz CT molecular complexity index is 1340. The third-order valence-corrected chi connectivity index (χ3v) is 10.5. The molecule has 1 aromatic heterocycles. The molecule has 206 valence electrons. The van der Waals surface area contributed by atoms with Crippen molar-refractivity contribution in [3.05, 3.63) is 64.9 Å². The van der Waals surface area contributed by atoms with Crippen LogP contribution in [0.1, 0.15) is 84.5 Å². The van der Waals surface area contributed by atoms with Crippen LogP contribution in [-0.4, -0.2) is 49.8 Å². The van der Waals surface area contributed by atoms with Crippen LogP contribution in [0.2, 0.25) is 0 Å². The highest BCUT2D eigenvalue weighted by Crippen LogP contribution is 2.69. The van der Waals surface area contributed by atoms with E-state index in [1.165, 1.54) is 16.6 Å². The number of fused-ring (bicyclic) bond motifs is 9. The summed E-state index contributed by atoms with van der Waals surface area (Å²) in [4.78, 5) is 3.81. The van der Waals surface area contributed by atoms with E-state index in [9.17, 15) is 15.3 Å². The van der Waals surface area contributed by atoms with Gasteiger partial charge >= 0.3 is 0 Å². The van der Waals surface area contributed by atoms with Gasteiger partial charge in [-0.15, -0.1) is 0 Å². The van der Waals surface area contributed by atoms with E-state index < -0.39 is 28.8 Å². The Morgan fingerprint density at radius 3 is 2.63 bits per heavy atom. The summed E-state index contributed by atoms with van der Waals surface area (Å²) >= 11 is 0. The first-order chi connectivity index (χ1) is 17.3. The summed E-state index contributed by atoms with van der Waals surface area (Å²) in [6.45, 7) is 14.1. The minimum atomic E-state index is -1.05. The van der Waals surface area contributed by atoms with Gasteiger partial charge in [-0.05, 0) is 93.2 Å². The average Bonchev–Trinajstić information content (AvgIpc) is 3.33. The lowest BCUT2D eigenvalue weighted by molar-refractivity contribution is -0.185.